The lowest BCUT2D eigenvalue weighted by Crippen LogP contribution is -2.27. The Kier molecular flexibility index (Phi) is 4.56. The normalized spacial score (nSPS) is 16.7. The first-order valence-corrected chi connectivity index (χ1v) is 8.19. The molecule has 0 radical (unpaired) electrons. The molecule has 0 saturated heterocycles. The van der Waals surface area contributed by atoms with Gasteiger partial charge in [0.1, 0.15) is 0 Å². The largest absolute Gasteiger partial charge is 0.376 e. The monoisotopic (exact) mass is 399 g/mol. The van der Waals surface area contributed by atoms with Gasteiger partial charge in [0.15, 0.2) is 5.82 Å². The van der Waals surface area contributed by atoms with Crippen LogP contribution in [0.3, 0.4) is 0 Å². The molecule has 0 spiro atoms. The van der Waals surface area contributed by atoms with Gasteiger partial charge in [-0.3, -0.25) is 0 Å². The van der Waals surface area contributed by atoms with Gasteiger partial charge in [0.05, 0.1) is 24.3 Å². The Morgan fingerprint density at radius 2 is 2.29 bits per heavy atom. The number of nitrogens with two attached hydrogens (primary N) is 1. The van der Waals surface area contributed by atoms with E-state index in [1.165, 1.54) is 12.0 Å². The number of halogens is 1. The van der Waals surface area contributed by atoms with Gasteiger partial charge in [0, 0.05) is 3.57 Å². The maximum Gasteiger partial charge on any atom is 0.259 e. The highest BCUT2D eigenvalue weighted by atomic mass is 127. The molecule has 1 aliphatic carbocycles. The third-order valence-corrected chi connectivity index (χ3v) is 5.19. The molecule has 1 fully saturated rings. The van der Waals surface area contributed by atoms with Crippen molar-refractivity contribution < 1.29 is 9.26 Å². The summed E-state index contributed by atoms with van der Waals surface area (Å²) in [5.41, 5.74) is 8.20. The maximum absolute atomic E-state index is 6.07. The Morgan fingerprint density at radius 1 is 1.48 bits per heavy atom. The molecule has 1 unspecified atom stereocenters. The van der Waals surface area contributed by atoms with Crippen molar-refractivity contribution in [1.29, 1.82) is 0 Å². The molecule has 0 bridgehead atoms. The summed E-state index contributed by atoms with van der Waals surface area (Å²) in [5.74, 6) is 1.01. The predicted octanol–water partition coefficient (Wildman–Crippen LogP) is 3.22. The van der Waals surface area contributed by atoms with Gasteiger partial charge in [0.25, 0.3) is 5.89 Å². The van der Waals surface area contributed by atoms with Crippen LogP contribution in [0, 0.1) is 10.5 Å². The van der Waals surface area contributed by atoms with Gasteiger partial charge in [-0.2, -0.15) is 4.98 Å². The highest BCUT2D eigenvalue weighted by molar-refractivity contribution is 14.1. The minimum Gasteiger partial charge on any atom is -0.376 e. The van der Waals surface area contributed by atoms with Crippen LogP contribution < -0.4 is 5.73 Å². The van der Waals surface area contributed by atoms with E-state index in [1.54, 1.807) is 0 Å². The molecule has 5 nitrogen and oxygen atoms in total. The van der Waals surface area contributed by atoms with E-state index in [1.807, 2.05) is 12.1 Å². The van der Waals surface area contributed by atoms with Crippen LogP contribution in [0.15, 0.2) is 22.7 Å². The van der Waals surface area contributed by atoms with Crippen molar-refractivity contribution in [3.63, 3.8) is 0 Å². The summed E-state index contributed by atoms with van der Waals surface area (Å²) in [5, 5.41) is 3.99. The van der Waals surface area contributed by atoms with Gasteiger partial charge in [-0.25, -0.2) is 0 Å². The number of hydrogen-bond acceptors (Lipinski definition) is 5. The van der Waals surface area contributed by atoms with Crippen LogP contribution in [0.2, 0.25) is 0 Å². The van der Waals surface area contributed by atoms with Crippen LogP contribution >= 0.6 is 22.6 Å². The molecule has 6 heteroatoms. The summed E-state index contributed by atoms with van der Waals surface area (Å²) < 4.78 is 12.2. The number of aromatic nitrogens is 2. The van der Waals surface area contributed by atoms with E-state index in [2.05, 4.69) is 45.7 Å². The van der Waals surface area contributed by atoms with Gasteiger partial charge in [-0.05, 0) is 60.4 Å². The molecule has 1 atom stereocenters. The standard InChI is InChI=1S/C15H18IN3O2/c1-9-4-2-7-11(13(9)16)15-18-14(19-21-15)12(17)8-20-10-5-3-6-10/h2,4,7,10,12H,3,5-6,8,17H2,1H3. The average Bonchev–Trinajstić information content (AvgIpc) is 2.89. The van der Waals surface area contributed by atoms with Crippen molar-refractivity contribution >= 4 is 22.6 Å². The molecule has 112 valence electrons. The molecule has 0 amide bonds. The quantitative estimate of drug-likeness (QED) is 0.782. The summed E-state index contributed by atoms with van der Waals surface area (Å²) >= 11 is 2.29. The number of hydrogen-bond donors (Lipinski definition) is 1. The van der Waals surface area contributed by atoms with E-state index in [0.717, 1.165) is 22.0 Å². The molecule has 1 aromatic carbocycles. The van der Waals surface area contributed by atoms with Crippen LogP contribution in [-0.4, -0.2) is 22.9 Å². The first kappa shape index (κ1) is 14.9. The second-order valence-electron chi connectivity index (χ2n) is 5.39. The zero-order chi connectivity index (χ0) is 14.8. The summed E-state index contributed by atoms with van der Waals surface area (Å²) in [6.45, 7) is 2.50. The number of rotatable bonds is 5. The van der Waals surface area contributed by atoms with Gasteiger partial charge in [-0.15, -0.1) is 0 Å². The van der Waals surface area contributed by atoms with E-state index in [4.69, 9.17) is 15.0 Å². The maximum atomic E-state index is 6.07. The Morgan fingerprint density at radius 3 is 3.00 bits per heavy atom. The molecule has 3 rings (SSSR count). The molecule has 1 aromatic heterocycles. The molecular formula is C15H18IN3O2. The van der Waals surface area contributed by atoms with E-state index in [9.17, 15) is 0 Å². The van der Waals surface area contributed by atoms with Crippen LogP contribution in [0.4, 0.5) is 0 Å². The molecule has 0 aliphatic heterocycles. The third kappa shape index (κ3) is 3.27. The lowest BCUT2D eigenvalue weighted by Gasteiger charge is -2.26. The van der Waals surface area contributed by atoms with Crippen molar-refractivity contribution in [2.24, 2.45) is 5.73 Å². The lowest BCUT2D eigenvalue weighted by atomic mass is 9.96. The van der Waals surface area contributed by atoms with Crippen LogP contribution in [0.5, 0.6) is 0 Å². The number of nitrogens with zero attached hydrogens (tertiary/aromatic N) is 2. The van der Waals surface area contributed by atoms with Gasteiger partial charge < -0.3 is 15.0 Å². The first-order chi connectivity index (χ1) is 10.1. The Labute approximate surface area is 137 Å². The summed E-state index contributed by atoms with van der Waals surface area (Å²) in [6.07, 6.45) is 3.87. The second kappa shape index (κ2) is 6.41. The summed E-state index contributed by atoms with van der Waals surface area (Å²) in [4.78, 5) is 4.42. The third-order valence-electron chi connectivity index (χ3n) is 3.76. The molecule has 1 aliphatic rings. The van der Waals surface area contributed by atoms with Crippen molar-refractivity contribution in [2.75, 3.05) is 6.61 Å². The van der Waals surface area contributed by atoms with E-state index >= 15 is 0 Å². The Hall–Kier alpha value is -0.990. The van der Waals surface area contributed by atoms with Crippen molar-refractivity contribution in [1.82, 2.24) is 10.1 Å². The summed E-state index contributed by atoms with van der Waals surface area (Å²) in [7, 11) is 0. The fourth-order valence-corrected chi connectivity index (χ4v) is 2.75. The Balaban J connectivity index is 1.71. The molecule has 1 heterocycles. The van der Waals surface area contributed by atoms with Crippen molar-refractivity contribution in [3.05, 3.63) is 33.2 Å². The highest BCUT2D eigenvalue weighted by Crippen LogP contribution is 2.27. The van der Waals surface area contributed by atoms with Crippen LogP contribution in [0.1, 0.15) is 36.7 Å². The van der Waals surface area contributed by atoms with Gasteiger partial charge in [0.2, 0.25) is 0 Å². The second-order valence-corrected chi connectivity index (χ2v) is 6.47. The molecule has 2 N–H and O–H groups in total. The smallest absolute Gasteiger partial charge is 0.259 e. The molecule has 2 aromatic rings. The molecule has 1 saturated carbocycles. The number of aryl methyl sites for hydroxylation is 1. The average molecular weight is 399 g/mol. The predicted molar refractivity (Wildman–Crippen MR) is 87.7 cm³/mol. The SMILES string of the molecule is Cc1cccc(-c2nc(C(N)COC3CCC3)no2)c1I. The highest BCUT2D eigenvalue weighted by Gasteiger charge is 2.22. The fourth-order valence-electron chi connectivity index (χ4n) is 2.16. The zero-order valence-corrected chi connectivity index (χ0v) is 14.0. The zero-order valence-electron chi connectivity index (χ0n) is 11.9. The fraction of sp³-hybridized carbons (Fsp3) is 0.467. The van der Waals surface area contributed by atoms with E-state index < -0.39 is 0 Å². The van der Waals surface area contributed by atoms with Gasteiger partial charge >= 0.3 is 0 Å². The van der Waals surface area contributed by atoms with Crippen molar-refractivity contribution in [3.8, 4) is 11.5 Å². The minimum atomic E-state index is -0.342. The van der Waals surface area contributed by atoms with Gasteiger partial charge in [-0.1, -0.05) is 17.3 Å². The van der Waals surface area contributed by atoms with E-state index in [-0.39, 0.29) is 6.04 Å². The van der Waals surface area contributed by atoms with E-state index in [0.29, 0.717) is 24.4 Å². The summed E-state index contributed by atoms with van der Waals surface area (Å²) in [6, 6.07) is 5.67. The molecule has 21 heavy (non-hydrogen) atoms. The number of benzene rings is 1. The lowest BCUT2D eigenvalue weighted by molar-refractivity contribution is -0.00549. The topological polar surface area (TPSA) is 74.2 Å². The van der Waals surface area contributed by atoms with Crippen molar-refractivity contribution in [2.45, 2.75) is 38.3 Å². The number of ether oxygens (including phenoxy) is 1. The van der Waals surface area contributed by atoms with Crippen LogP contribution in [0.25, 0.3) is 11.5 Å². The molecular weight excluding hydrogens is 381 g/mol. The first-order valence-electron chi connectivity index (χ1n) is 7.11. The minimum absolute atomic E-state index is 0.342. The Bertz CT molecular complexity index is 625. The van der Waals surface area contributed by atoms with Crippen LogP contribution in [-0.2, 0) is 4.74 Å².